The van der Waals surface area contributed by atoms with Gasteiger partial charge in [0.15, 0.2) is 0 Å². The van der Waals surface area contributed by atoms with Crippen molar-refractivity contribution in [2.24, 2.45) is 5.73 Å². The molecule has 1 aromatic heterocycles. The maximum atomic E-state index is 14.0. The number of anilines is 1. The molecule has 0 fully saturated rings. The average molecular weight is 621 g/mol. The molecule has 0 aliphatic rings. The smallest absolute Gasteiger partial charge is 0.327 e. The van der Waals surface area contributed by atoms with Crippen LogP contribution in [0, 0.1) is 12.3 Å². The van der Waals surface area contributed by atoms with Crippen molar-refractivity contribution in [2.45, 2.75) is 33.9 Å². The van der Waals surface area contributed by atoms with Gasteiger partial charge in [0.05, 0.1) is 30.3 Å². The highest BCUT2D eigenvalue weighted by Gasteiger charge is 2.30. The molecule has 1 atom stereocenters. The first kappa shape index (κ1) is 31.2. The summed E-state index contributed by atoms with van der Waals surface area (Å²) in [7, 11) is -4.19. The van der Waals surface area contributed by atoms with Crippen LogP contribution >= 0.6 is 34.9 Å². The number of aliphatic carboxylic acids is 1. The Balaban J connectivity index is 2.06. The lowest BCUT2D eigenvalue weighted by atomic mass is 9.98. The van der Waals surface area contributed by atoms with Crippen molar-refractivity contribution in [2.75, 3.05) is 23.1 Å². The van der Waals surface area contributed by atoms with Gasteiger partial charge in [0.2, 0.25) is 21.7 Å². The van der Waals surface area contributed by atoms with Crippen LogP contribution in [0.4, 0.5) is 5.69 Å². The van der Waals surface area contributed by atoms with Crippen LogP contribution in [0.15, 0.2) is 62.5 Å². The summed E-state index contributed by atoms with van der Waals surface area (Å²) >= 11 is 3.31. The minimum Gasteiger partial charge on any atom is -0.480 e. The fourth-order valence-corrected chi connectivity index (χ4v) is 8.67. The maximum Gasteiger partial charge on any atom is 0.327 e. The molecule has 14 heteroatoms. The summed E-state index contributed by atoms with van der Waals surface area (Å²) in [5.41, 5.74) is 7.67. The number of carboxylic acid groups (broad SMARTS) is 1. The lowest BCUT2D eigenvalue weighted by Gasteiger charge is -2.19. The van der Waals surface area contributed by atoms with Gasteiger partial charge in [-0.05, 0) is 36.4 Å². The van der Waals surface area contributed by atoms with E-state index in [1.165, 1.54) is 30.8 Å². The van der Waals surface area contributed by atoms with Crippen molar-refractivity contribution >= 4 is 74.0 Å². The molecule has 0 saturated heterocycles. The molecule has 10 nitrogen and oxygen atoms in total. The van der Waals surface area contributed by atoms with E-state index in [4.69, 9.17) is 11.1 Å². The third-order valence-electron chi connectivity index (χ3n) is 5.59. The Bertz CT molecular complexity index is 1550. The molecule has 0 aliphatic carbocycles. The number of nitrogens with one attached hydrogen (secondary N) is 3. The number of hydrogen-bond acceptors (Lipinski definition) is 9. The summed E-state index contributed by atoms with van der Waals surface area (Å²) in [5, 5.41) is 22.1. The zero-order valence-electron chi connectivity index (χ0n) is 21.8. The summed E-state index contributed by atoms with van der Waals surface area (Å²) in [5.74, 6) is -2.78. The number of nitrogens with two attached hydrogens (primary N) is 1. The molecule has 3 rings (SSSR count). The quantitative estimate of drug-likeness (QED) is 0.114. The van der Waals surface area contributed by atoms with Crippen molar-refractivity contribution in [3.63, 3.8) is 0 Å². The number of rotatable bonds is 12. The predicted octanol–water partition coefficient (Wildman–Crippen LogP) is 3.82. The lowest BCUT2D eigenvalue weighted by Crippen LogP contribution is -2.41. The van der Waals surface area contributed by atoms with Gasteiger partial charge < -0.3 is 21.5 Å². The van der Waals surface area contributed by atoms with Crippen LogP contribution in [-0.2, 0) is 24.2 Å². The number of thioether (sulfide) groups is 2. The topological polar surface area (TPSA) is 180 Å². The molecule has 0 spiro atoms. The molecule has 1 unspecified atom stereocenters. The predicted molar refractivity (Wildman–Crippen MR) is 160 cm³/mol. The van der Waals surface area contributed by atoms with E-state index in [0.29, 0.717) is 20.2 Å². The number of sulfone groups is 1. The third-order valence-corrected chi connectivity index (χ3v) is 11.0. The van der Waals surface area contributed by atoms with Crippen molar-refractivity contribution < 1.29 is 27.9 Å². The number of carbonyl (C=O) groups is 3. The van der Waals surface area contributed by atoms with E-state index < -0.39 is 33.7 Å². The summed E-state index contributed by atoms with van der Waals surface area (Å²) in [6, 6.07) is 12.3. The van der Waals surface area contributed by atoms with Gasteiger partial charge in [-0.25, -0.2) is 13.2 Å². The van der Waals surface area contributed by atoms with Crippen LogP contribution in [0.25, 0.3) is 11.1 Å². The maximum absolute atomic E-state index is 14.0. The molecule has 2 aromatic carbocycles. The number of nitrogen functional groups attached to an aromatic ring is 1. The van der Waals surface area contributed by atoms with Gasteiger partial charge in [-0.15, -0.1) is 34.9 Å². The largest absolute Gasteiger partial charge is 0.480 e. The molecule has 0 aliphatic heterocycles. The van der Waals surface area contributed by atoms with E-state index in [2.05, 4.69) is 10.6 Å². The van der Waals surface area contributed by atoms with Crippen LogP contribution in [0.5, 0.6) is 0 Å². The van der Waals surface area contributed by atoms with Crippen LogP contribution in [0.2, 0.25) is 0 Å². The molecule has 0 radical (unpaired) electrons. The number of carboxylic acids is 1. The SMILES string of the molecule is CSc1sc(C(=N)N)cc1S(=O)(=O)c1ccc(C)c(-c2ccccc2)c1NC(=O)CSCC(NC(C)=O)C(=O)O. The molecule has 40 heavy (non-hydrogen) atoms. The van der Waals surface area contributed by atoms with Crippen molar-refractivity contribution in [1.29, 1.82) is 5.41 Å². The molecule has 6 N–H and O–H groups in total. The summed E-state index contributed by atoms with van der Waals surface area (Å²) in [6.45, 7) is 3.01. The highest BCUT2D eigenvalue weighted by Crippen LogP contribution is 2.42. The van der Waals surface area contributed by atoms with Gasteiger partial charge in [0.25, 0.3) is 0 Å². The van der Waals surface area contributed by atoms with Crippen LogP contribution in [0.1, 0.15) is 17.4 Å². The van der Waals surface area contributed by atoms with Crippen LogP contribution < -0.4 is 16.4 Å². The Morgan fingerprint density at radius 1 is 1.12 bits per heavy atom. The number of hydrogen-bond donors (Lipinski definition) is 5. The Morgan fingerprint density at radius 3 is 2.38 bits per heavy atom. The fraction of sp³-hybridized carbons (Fsp3) is 0.231. The third kappa shape index (κ3) is 7.24. The second kappa shape index (κ2) is 13.4. The summed E-state index contributed by atoms with van der Waals surface area (Å²) < 4.78 is 28.6. The Morgan fingerprint density at radius 2 is 1.80 bits per heavy atom. The standard InChI is InChI=1S/C26H28N4O6S4/c1-14-9-10-19(40(35,36)20-11-18(24(27)28)39-26(20)37-3)23(22(14)16-7-5-4-6-8-16)30-21(32)13-38-12-17(25(33)34)29-15(2)31/h4-11,17H,12-13H2,1-3H3,(H3,27,28)(H,29,31)(H,30,32)(H,33,34). The second-order valence-electron chi connectivity index (χ2n) is 8.53. The highest BCUT2D eigenvalue weighted by atomic mass is 32.2. The van der Waals surface area contributed by atoms with Gasteiger partial charge in [-0.3, -0.25) is 15.0 Å². The molecule has 212 valence electrons. The Labute approximate surface area is 244 Å². The number of thiophene rings is 1. The van der Waals surface area contributed by atoms with Crippen molar-refractivity contribution in [1.82, 2.24) is 5.32 Å². The molecule has 1 heterocycles. The van der Waals surface area contributed by atoms with Gasteiger partial charge in [0.1, 0.15) is 11.9 Å². The molecule has 0 saturated carbocycles. The minimum atomic E-state index is -4.19. The van der Waals surface area contributed by atoms with E-state index in [-0.39, 0.29) is 32.8 Å². The first-order valence-corrected chi connectivity index (χ1v) is 16.4. The van der Waals surface area contributed by atoms with Crippen LogP contribution in [0.3, 0.4) is 0 Å². The average Bonchev–Trinajstić information content (AvgIpc) is 3.34. The Hall–Kier alpha value is -3.33. The second-order valence-corrected chi connectivity index (χ2v) is 13.6. The molecular formula is C26H28N4O6S4. The van der Waals surface area contributed by atoms with E-state index >= 15 is 0 Å². The lowest BCUT2D eigenvalue weighted by molar-refractivity contribution is -0.140. The monoisotopic (exact) mass is 620 g/mol. The zero-order valence-corrected chi connectivity index (χ0v) is 25.1. The highest BCUT2D eigenvalue weighted by molar-refractivity contribution is 8.01. The number of aryl methyl sites for hydroxylation is 1. The van der Waals surface area contributed by atoms with Gasteiger partial charge in [-0.2, -0.15) is 0 Å². The summed E-state index contributed by atoms with van der Waals surface area (Å²) in [4.78, 5) is 36.0. The first-order chi connectivity index (χ1) is 18.9. The minimum absolute atomic E-state index is 0.0115. The number of benzene rings is 2. The molecular weight excluding hydrogens is 593 g/mol. The van der Waals surface area contributed by atoms with E-state index in [1.807, 2.05) is 6.07 Å². The Kier molecular flexibility index (Phi) is 10.4. The van der Waals surface area contributed by atoms with E-state index in [0.717, 1.165) is 28.7 Å². The van der Waals surface area contributed by atoms with E-state index in [1.54, 1.807) is 43.5 Å². The van der Waals surface area contributed by atoms with Crippen LogP contribution in [-0.4, -0.2) is 60.9 Å². The van der Waals surface area contributed by atoms with Crippen molar-refractivity contribution in [3.8, 4) is 11.1 Å². The molecule has 2 amide bonds. The van der Waals surface area contributed by atoms with Gasteiger partial charge >= 0.3 is 5.97 Å². The van der Waals surface area contributed by atoms with E-state index in [9.17, 15) is 27.9 Å². The van der Waals surface area contributed by atoms with Gasteiger partial charge in [0, 0.05) is 18.2 Å². The summed E-state index contributed by atoms with van der Waals surface area (Å²) in [6.07, 6.45) is 1.73. The van der Waals surface area contributed by atoms with Crippen molar-refractivity contribution in [3.05, 3.63) is 59.0 Å². The van der Waals surface area contributed by atoms with Gasteiger partial charge in [-0.1, -0.05) is 36.4 Å². The molecule has 3 aromatic rings. The zero-order chi connectivity index (χ0) is 29.6. The number of amidine groups is 1. The number of carbonyl (C=O) groups excluding carboxylic acids is 2. The number of amides is 2. The normalized spacial score (nSPS) is 12.0. The first-order valence-electron chi connectivity index (χ1n) is 11.7. The fourth-order valence-electron chi connectivity index (χ4n) is 3.82. The molecule has 0 bridgehead atoms.